The molecule has 0 atom stereocenters. The Morgan fingerprint density at radius 2 is 1.62 bits per heavy atom. The van der Waals surface area contributed by atoms with E-state index in [4.69, 9.17) is 4.74 Å². The zero-order chi connectivity index (χ0) is 22.5. The number of benzene rings is 4. The average Bonchev–Trinajstić information content (AvgIpc) is 2.80. The van der Waals surface area contributed by atoms with Crippen LogP contribution in [-0.2, 0) is 0 Å². The zero-order valence-electron chi connectivity index (χ0n) is 17.2. The van der Waals surface area contributed by atoms with Crippen LogP contribution in [0.5, 0.6) is 5.75 Å². The smallest absolute Gasteiger partial charge is 0.343 e. The molecule has 4 aromatic rings. The molecule has 4 aromatic carbocycles. The molecule has 0 heterocycles. The number of nitrogens with one attached hydrogen (secondary N) is 1. The zero-order valence-corrected chi connectivity index (χ0v) is 17.2. The predicted octanol–water partition coefficient (Wildman–Crippen LogP) is 5.27. The number of ether oxygens (including phenoxy) is 1. The number of hydrogen-bond donors (Lipinski definition) is 1. The fourth-order valence-electron chi connectivity index (χ4n) is 3.21. The molecule has 1 amide bonds. The lowest BCUT2D eigenvalue weighted by atomic mass is 10.0. The maximum atomic E-state index is 13.8. The van der Waals surface area contributed by atoms with Gasteiger partial charge in [0, 0.05) is 5.56 Å². The third kappa shape index (κ3) is 4.54. The molecular formula is C26H19FN2O3. The van der Waals surface area contributed by atoms with Gasteiger partial charge in [-0.3, -0.25) is 4.79 Å². The lowest BCUT2D eigenvalue weighted by molar-refractivity contribution is 0.0734. The number of hydrogen-bond acceptors (Lipinski definition) is 4. The summed E-state index contributed by atoms with van der Waals surface area (Å²) in [5, 5.41) is 5.67. The molecule has 0 spiro atoms. The van der Waals surface area contributed by atoms with Gasteiger partial charge in [-0.15, -0.1) is 0 Å². The van der Waals surface area contributed by atoms with Gasteiger partial charge < -0.3 is 4.74 Å². The summed E-state index contributed by atoms with van der Waals surface area (Å²) in [5.74, 6) is -1.54. The molecule has 0 radical (unpaired) electrons. The van der Waals surface area contributed by atoms with Crippen molar-refractivity contribution in [3.63, 3.8) is 0 Å². The number of aryl methyl sites for hydroxylation is 1. The summed E-state index contributed by atoms with van der Waals surface area (Å²) in [5.41, 5.74) is 4.17. The van der Waals surface area contributed by atoms with Gasteiger partial charge in [-0.2, -0.15) is 5.10 Å². The molecule has 5 nitrogen and oxygen atoms in total. The van der Waals surface area contributed by atoms with E-state index in [0.29, 0.717) is 11.1 Å². The summed E-state index contributed by atoms with van der Waals surface area (Å²) in [6.45, 7) is 1.93. The molecule has 1 N–H and O–H groups in total. The first-order valence-electron chi connectivity index (χ1n) is 9.91. The third-order valence-electron chi connectivity index (χ3n) is 4.90. The molecule has 0 fully saturated rings. The van der Waals surface area contributed by atoms with Gasteiger partial charge in [0.1, 0.15) is 11.6 Å². The van der Waals surface area contributed by atoms with Gasteiger partial charge in [-0.25, -0.2) is 14.6 Å². The van der Waals surface area contributed by atoms with Gasteiger partial charge >= 0.3 is 5.97 Å². The van der Waals surface area contributed by atoms with Crippen LogP contribution in [0, 0.1) is 12.7 Å². The lowest BCUT2D eigenvalue weighted by Gasteiger charge is -2.11. The van der Waals surface area contributed by atoms with E-state index >= 15 is 0 Å². The van der Waals surface area contributed by atoms with Crippen molar-refractivity contribution in [3.05, 3.63) is 113 Å². The lowest BCUT2D eigenvalue weighted by Crippen LogP contribution is -2.19. The molecule has 0 aliphatic carbocycles. The molecule has 0 aromatic heterocycles. The topological polar surface area (TPSA) is 67.8 Å². The van der Waals surface area contributed by atoms with E-state index in [1.165, 1.54) is 24.4 Å². The number of hydrazone groups is 1. The van der Waals surface area contributed by atoms with E-state index in [1.54, 1.807) is 24.3 Å². The highest BCUT2D eigenvalue weighted by Gasteiger charge is 2.14. The average molecular weight is 426 g/mol. The Kier molecular flexibility index (Phi) is 6.03. The molecule has 0 saturated carbocycles. The Morgan fingerprint density at radius 3 is 2.41 bits per heavy atom. The van der Waals surface area contributed by atoms with Crippen molar-refractivity contribution in [2.75, 3.05) is 0 Å². The van der Waals surface area contributed by atoms with Crippen molar-refractivity contribution in [3.8, 4) is 5.75 Å². The molecular weight excluding hydrogens is 407 g/mol. The van der Waals surface area contributed by atoms with Gasteiger partial charge in [0.2, 0.25) is 0 Å². The molecule has 0 aliphatic heterocycles. The minimum absolute atomic E-state index is 0.117. The molecule has 6 heteroatoms. The fraction of sp³-hybridized carbons (Fsp3) is 0.0385. The first kappa shape index (κ1) is 20.9. The minimum atomic E-state index is -0.683. The van der Waals surface area contributed by atoms with Crippen LogP contribution in [0.15, 0.2) is 90.0 Å². The highest BCUT2D eigenvalue weighted by atomic mass is 19.1. The van der Waals surface area contributed by atoms with Crippen LogP contribution in [-0.4, -0.2) is 18.1 Å². The normalized spacial score (nSPS) is 10.9. The van der Waals surface area contributed by atoms with Crippen molar-refractivity contribution in [1.29, 1.82) is 0 Å². The number of amides is 1. The van der Waals surface area contributed by atoms with Gasteiger partial charge in [-0.05, 0) is 48.0 Å². The van der Waals surface area contributed by atoms with Crippen molar-refractivity contribution in [2.24, 2.45) is 5.10 Å². The predicted molar refractivity (Wildman–Crippen MR) is 122 cm³/mol. The van der Waals surface area contributed by atoms with Gasteiger partial charge in [0.15, 0.2) is 0 Å². The summed E-state index contributed by atoms with van der Waals surface area (Å²) < 4.78 is 19.5. The number of nitrogens with zero attached hydrogens (tertiary/aromatic N) is 1. The Hall–Kier alpha value is -4.32. The highest BCUT2D eigenvalue weighted by molar-refractivity contribution is 6.04. The van der Waals surface area contributed by atoms with Gasteiger partial charge in [0.25, 0.3) is 5.91 Å². The second-order valence-electron chi connectivity index (χ2n) is 7.13. The summed E-state index contributed by atoms with van der Waals surface area (Å²) in [7, 11) is 0. The second-order valence-corrected chi connectivity index (χ2v) is 7.13. The van der Waals surface area contributed by atoms with Crippen LogP contribution in [0.4, 0.5) is 4.39 Å². The van der Waals surface area contributed by atoms with Crippen LogP contribution in [0.2, 0.25) is 0 Å². The monoisotopic (exact) mass is 426 g/mol. The molecule has 4 rings (SSSR count). The minimum Gasteiger partial charge on any atom is -0.422 e. The Morgan fingerprint density at radius 1 is 0.906 bits per heavy atom. The SMILES string of the molecule is Cc1ccc(C(=O)Oc2ccc3ccccc3c2/C=N/NC(=O)c2ccccc2F)cc1. The maximum Gasteiger partial charge on any atom is 0.343 e. The van der Waals surface area contributed by atoms with E-state index in [2.05, 4.69) is 10.5 Å². The summed E-state index contributed by atoms with van der Waals surface area (Å²) in [6, 6.07) is 23.7. The molecule has 0 bridgehead atoms. The number of carbonyl (C=O) groups is 2. The van der Waals surface area contributed by atoms with Crippen LogP contribution < -0.4 is 10.2 Å². The molecule has 0 aliphatic rings. The van der Waals surface area contributed by atoms with Crippen molar-refractivity contribution in [2.45, 2.75) is 6.92 Å². The van der Waals surface area contributed by atoms with Crippen molar-refractivity contribution >= 4 is 28.9 Å². The Balaban J connectivity index is 1.63. The van der Waals surface area contributed by atoms with Crippen LogP contribution in [0.1, 0.15) is 31.8 Å². The van der Waals surface area contributed by atoms with E-state index in [9.17, 15) is 14.0 Å². The number of rotatable bonds is 5. The van der Waals surface area contributed by atoms with E-state index < -0.39 is 17.7 Å². The molecule has 0 unspecified atom stereocenters. The number of fused-ring (bicyclic) bond motifs is 1. The Labute approximate surface area is 184 Å². The van der Waals surface area contributed by atoms with E-state index in [-0.39, 0.29) is 11.3 Å². The van der Waals surface area contributed by atoms with Crippen molar-refractivity contribution in [1.82, 2.24) is 5.43 Å². The maximum absolute atomic E-state index is 13.8. The summed E-state index contributed by atoms with van der Waals surface area (Å²) >= 11 is 0. The van der Waals surface area contributed by atoms with Gasteiger partial charge in [-0.1, -0.05) is 60.2 Å². The first-order valence-corrected chi connectivity index (χ1v) is 9.91. The number of carbonyl (C=O) groups excluding carboxylic acids is 2. The van der Waals surface area contributed by atoms with Crippen LogP contribution >= 0.6 is 0 Å². The standard InChI is InChI=1S/C26H19FN2O3/c1-17-10-12-19(13-11-17)26(31)32-24-15-14-18-6-2-3-7-20(18)22(24)16-28-29-25(30)21-8-4-5-9-23(21)27/h2-16H,1H3,(H,29,30)/b28-16+. The van der Waals surface area contributed by atoms with E-state index in [1.807, 2.05) is 49.4 Å². The Bertz CT molecular complexity index is 1330. The highest BCUT2D eigenvalue weighted by Crippen LogP contribution is 2.27. The quantitative estimate of drug-likeness (QED) is 0.205. The fourth-order valence-corrected chi connectivity index (χ4v) is 3.21. The second kappa shape index (κ2) is 9.22. The summed E-state index contributed by atoms with van der Waals surface area (Å²) in [6.07, 6.45) is 1.39. The molecule has 32 heavy (non-hydrogen) atoms. The van der Waals surface area contributed by atoms with Crippen molar-refractivity contribution < 1.29 is 18.7 Å². The van der Waals surface area contributed by atoms with E-state index in [0.717, 1.165) is 16.3 Å². The summed E-state index contributed by atoms with van der Waals surface area (Å²) in [4.78, 5) is 24.9. The van der Waals surface area contributed by atoms with Crippen LogP contribution in [0.25, 0.3) is 10.8 Å². The number of esters is 1. The van der Waals surface area contributed by atoms with Gasteiger partial charge in [0.05, 0.1) is 17.3 Å². The van der Waals surface area contributed by atoms with Crippen LogP contribution in [0.3, 0.4) is 0 Å². The first-order chi connectivity index (χ1) is 15.5. The third-order valence-corrected chi connectivity index (χ3v) is 4.90. The number of halogens is 1. The molecule has 158 valence electrons. The molecule has 0 saturated heterocycles. The largest absolute Gasteiger partial charge is 0.422 e.